The first-order valence-corrected chi connectivity index (χ1v) is 12.1. The van der Waals surface area contributed by atoms with E-state index in [1.54, 1.807) is 0 Å². The van der Waals surface area contributed by atoms with Gasteiger partial charge in [-0.2, -0.15) is 8.62 Å². The lowest BCUT2D eigenvalue weighted by molar-refractivity contribution is -0.0519. The maximum absolute atomic E-state index is 12.2. The van der Waals surface area contributed by atoms with Crippen molar-refractivity contribution in [3.8, 4) is 0 Å². The van der Waals surface area contributed by atoms with Crippen LogP contribution in [0.2, 0.25) is 0 Å². The van der Waals surface area contributed by atoms with Crippen LogP contribution in [0, 0.1) is 0 Å². The van der Waals surface area contributed by atoms with Gasteiger partial charge in [-0.05, 0) is 0 Å². The van der Waals surface area contributed by atoms with Gasteiger partial charge in [-0.3, -0.25) is 18.7 Å². The smallest absolute Gasteiger partial charge is 0.388 e. The van der Waals surface area contributed by atoms with Crippen molar-refractivity contribution in [2.24, 2.45) is 5.73 Å². The minimum absolute atomic E-state index is 0.249. The zero-order valence-corrected chi connectivity index (χ0v) is 17.2. The first-order chi connectivity index (χ1) is 13.6. The predicted molar refractivity (Wildman–Crippen MR) is 91.4 cm³/mol. The summed E-state index contributed by atoms with van der Waals surface area (Å²) in [4.78, 5) is 62.3. The number of hydrogen-bond acceptors (Lipinski definition) is 11. The van der Waals surface area contributed by atoms with Crippen molar-refractivity contribution in [3.63, 3.8) is 0 Å². The van der Waals surface area contributed by atoms with E-state index in [0.717, 1.165) is 17.0 Å². The molecule has 5 atom stereocenters. The molecule has 1 aliphatic rings. The van der Waals surface area contributed by atoms with Gasteiger partial charge < -0.3 is 35.2 Å². The van der Waals surface area contributed by atoms with Gasteiger partial charge in [0.05, 0.1) is 12.7 Å². The van der Waals surface area contributed by atoms with E-state index in [4.69, 9.17) is 25.2 Å². The molecular formula is C10H16N3O14P3. The summed E-state index contributed by atoms with van der Waals surface area (Å²) in [7, 11) is -16.6. The molecule has 2 heterocycles. The van der Waals surface area contributed by atoms with Gasteiger partial charge in [0.2, 0.25) is 0 Å². The van der Waals surface area contributed by atoms with Gasteiger partial charge in [-0.15, -0.1) is 0 Å². The van der Waals surface area contributed by atoms with E-state index in [1.807, 2.05) is 0 Å². The van der Waals surface area contributed by atoms with Gasteiger partial charge in [0.25, 0.3) is 11.5 Å². The first kappa shape index (κ1) is 24.9. The second-order valence-corrected chi connectivity index (χ2v) is 10.1. The Morgan fingerprint density at radius 1 is 1.23 bits per heavy atom. The first-order valence-electron chi connectivity index (χ1n) is 7.59. The van der Waals surface area contributed by atoms with Gasteiger partial charge in [0.1, 0.15) is 6.10 Å². The molecule has 0 aliphatic carbocycles. The lowest BCUT2D eigenvalue weighted by Gasteiger charge is -2.19. The number of primary amides is 1. The summed E-state index contributed by atoms with van der Waals surface area (Å²) in [6.45, 7) is -0.820. The number of amides is 1. The predicted octanol–water partition coefficient (Wildman–Crippen LogP) is -1.67. The minimum Gasteiger partial charge on any atom is -0.388 e. The van der Waals surface area contributed by atoms with E-state index >= 15 is 0 Å². The number of carbonyl (C=O) groups is 1. The van der Waals surface area contributed by atoms with Gasteiger partial charge in [-0.25, -0.2) is 18.7 Å². The summed E-state index contributed by atoms with van der Waals surface area (Å²) in [5, 5.41) is 10.1. The summed E-state index contributed by atoms with van der Waals surface area (Å²) in [6, 6.07) is 0. The quantitative estimate of drug-likeness (QED) is 0.209. The topological polar surface area (TPSA) is 267 Å². The fourth-order valence-corrected chi connectivity index (χ4v) is 5.41. The molecule has 0 spiro atoms. The van der Waals surface area contributed by atoms with Crippen LogP contribution < -0.4 is 11.3 Å². The van der Waals surface area contributed by atoms with Crippen molar-refractivity contribution in [1.82, 2.24) is 9.55 Å². The molecule has 0 saturated carbocycles. The number of nitrogens with two attached hydrogens (primary N) is 1. The Kier molecular flexibility index (Phi) is 7.52. The summed E-state index contributed by atoms with van der Waals surface area (Å²) < 4.78 is 51.1. The van der Waals surface area contributed by atoms with Crippen LogP contribution in [0.4, 0.5) is 0 Å². The second-order valence-electron chi connectivity index (χ2n) is 5.69. The molecule has 1 fully saturated rings. The summed E-state index contributed by atoms with van der Waals surface area (Å²) in [5.74, 6) is -1.12. The van der Waals surface area contributed by atoms with Crippen molar-refractivity contribution >= 4 is 29.4 Å². The zero-order valence-electron chi connectivity index (χ0n) is 14.5. The summed E-state index contributed by atoms with van der Waals surface area (Å²) >= 11 is 0. The molecule has 1 aliphatic heterocycles. The Hall–Kier alpha value is -1.32. The van der Waals surface area contributed by atoms with Crippen LogP contribution in [-0.2, 0) is 31.6 Å². The molecule has 0 aromatic carbocycles. The van der Waals surface area contributed by atoms with E-state index in [9.17, 15) is 33.3 Å². The average Bonchev–Trinajstić information content (AvgIpc) is 2.90. The SMILES string of the molecule is NC(=O)c1nccn([C@@H]2O[C@H](COP(=O)(O)OP(=O)(O)OP(=O)(O)O)C[C@H]2O)c1=O. The monoisotopic (exact) mass is 495 g/mol. The number of phosphoric acid groups is 3. The lowest BCUT2D eigenvalue weighted by Crippen LogP contribution is -2.35. The van der Waals surface area contributed by atoms with Crippen LogP contribution in [-0.4, -0.2) is 59.0 Å². The van der Waals surface area contributed by atoms with Crippen LogP contribution in [0.1, 0.15) is 23.1 Å². The number of aliphatic hydroxyl groups is 1. The Morgan fingerprint density at radius 2 is 1.87 bits per heavy atom. The zero-order chi connectivity index (χ0) is 22.9. The molecule has 1 aromatic heterocycles. The standard InChI is InChI=1S/C10H16N3O14P3/c11-8(15)7-9(16)13(2-1-12-7)10-6(14)3-5(25-10)4-24-29(20,21)27-30(22,23)26-28(17,18)19/h1-2,5-6,10,14H,3-4H2,(H2,11,15)(H,20,21)(H,22,23)(H2,17,18,19)/t5-,6+,10+/m0/s1. The number of hydrogen-bond donors (Lipinski definition) is 6. The highest BCUT2D eigenvalue weighted by molar-refractivity contribution is 7.66. The fraction of sp³-hybridized carbons (Fsp3) is 0.500. The third-order valence-corrected chi connectivity index (χ3v) is 7.18. The third-order valence-electron chi connectivity index (χ3n) is 3.38. The van der Waals surface area contributed by atoms with E-state index < -0.39 is 65.7 Å². The fourth-order valence-electron chi connectivity index (χ4n) is 2.36. The number of nitrogens with zero attached hydrogens (tertiary/aromatic N) is 2. The van der Waals surface area contributed by atoms with E-state index in [-0.39, 0.29) is 6.42 Å². The van der Waals surface area contributed by atoms with Crippen LogP contribution in [0.15, 0.2) is 17.2 Å². The number of rotatable bonds is 9. The number of phosphoric ester groups is 1. The molecule has 0 radical (unpaired) electrons. The van der Waals surface area contributed by atoms with Gasteiger partial charge in [-0.1, -0.05) is 0 Å². The molecule has 2 rings (SSSR count). The Balaban J connectivity index is 2.04. The highest BCUT2D eigenvalue weighted by Gasteiger charge is 2.42. The summed E-state index contributed by atoms with van der Waals surface area (Å²) in [6.07, 6.45) is -1.95. The lowest BCUT2D eigenvalue weighted by atomic mass is 10.2. The van der Waals surface area contributed by atoms with Crippen molar-refractivity contribution in [3.05, 3.63) is 28.4 Å². The molecular weight excluding hydrogens is 479 g/mol. The number of aliphatic hydroxyl groups excluding tert-OH is 1. The molecule has 1 aromatic rings. The van der Waals surface area contributed by atoms with Crippen LogP contribution in [0.25, 0.3) is 0 Å². The van der Waals surface area contributed by atoms with E-state index in [2.05, 4.69) is 18.1 Å². The largest absolute Gasteiger partial charge is 0.490 e. The molecule has 1 saturated heterocycles. The van der Waals surface area contributed by atoms with Gasteiger partial charge in [0, 0.05) is 18.8 Å². The third kappa shape index (κ3) is 6.85. The Labute approximate surface area is 166 Å². The van der Waals surface area contributed by atoms with Gasteiger partial charge in [0.15, 0.2) is 11.9 Å². The minimum atomic E-state index is -5.68. The van der Waals surface area contributed by atoms with Gasteiger partial charge >= 0.3 is 23.5 Å². The molecule has 20 heteroatoms. The van der Waals surface area contributed by atoms with E-state index in [0.29, 0.717) is 0 Å². The molecule has 7 N–H and O–H groups in total. The van der Waals surface area contributed by atoms with Crippen molar-refractivity contribution in [2.45, 2.75) is 24.9 Å². The summed E-state index contributed by atoms with van der Waals surface area (Å²) in [5.41, 5.74) is 3.42. The number of aromatic nitrogens is 2. The molecule has 17 nitrogen and oxygen atoms in total. The number of ether oxygens (including phenoxy) is 1. The second kappa shape index (κ2) is 9.04. The average molecular weight is 495 g/mol. The molecule has 2 unspecified atom stereocenters. The van der Waals surface area contributed by atoms with Crippen LogP contribution in [0.5, 0.6) is 0 Å². The van der Waals surface area contributed by atoms with Crippen molar-refractivity contribution in [1.29, 1.82) is 0 Å². The molecule has 30 heavy (non-hydrogen) atoms. The molecule has 170 valence electrons. The normalized spacial score (nSPS) is 26.1. The maximum atomic E-state index is 12.2. The van der Waals surface area contributed by atoms with Crippen LogP contribution in [0.3, 0.4) is 0 Å². The highest BCUT2D eigenvalue weighted by atomic mass is 31.3. The van der Waals surface area contributed by atoms with Crippen molar-refractivity contribution < 1.29 is 61.1 Å². The van der Waals surface area contributed by atoms with Crippen LogP contribution >= 0.6 is 23.5 Å². The Bertz CT molecular complexity index is 1010. The highest BCUT2D eigenvalue weighted by Crippen LogP contribution is 2.66. The maximum Gasteiger partial charge on any atom is 0.490 e. The number of carbonyl (C=O) groups excluding carboxylic acids is 1. The van der Waals surface area contributed by atoms with E-state index in [1.165, 1.54) is 0 Å². The molecule has 1 amide bonds. The molecule has 0 bridgehead atoms. The Morgan fingerprint density at radius 3 is 2.43 bits per heavy atom. The van der Waals surface area contributed by atoms with Crippen molar-refractivity contribution in [2.75, 3.05) is 6.61 Å².